The number of hydrogen-bond acceptors (Lipinski definition) is 12. The molecule has 0 radical (unpaired) electrons. The number of anilines is 2. The van der Waals surface area contributed by atoms with Crippen molar-refractivity contribution in [3.63, 3.8) is 0 Å². The fraction of sp³-hybridized carbons (Fsp3) is 0.300. The van der Waals surface area contributed by atoms with Crippen LogP contribution in [0, 0.1) is 0 Å². The zero-order chi connectivity index (χ0) is 40.8. The fourth-order valence-corrected chi connectivity index (χ4v) is 5.74. The van der Waals surface area contributed by atoms with Crippen molar-refractivity contribution in [2.45, 2.75) is 53.6 Å². The first-order valence-corrected chi connectivity index (χ1v) is 18.5. The minimum absolute atomic E-state index is 0.0529. The molecule has 0 aliphatic carbocycles. The van der Waals surface area contributed by atoms with Crippen LogP contribution in [0.15, 0.2) is 93.3 Å². The Morgan fingerprint density at radius 3 is 1.30 bits per heavy atom. The molecule has 16 heteroatoms. The van der Waals surface area contributed by atoms with Gasteiger partial charge in [-0.1, -0.05) is 47.5 Å². The number of nitrogens with zero attached hydrogens (tertiary/aromatic N) is 4. The van der Waals surface area contributed by atoms with E-state index in [-0.39, 0.29) is 27.1 Å². The standard InChI is InChI=1S/C40H42Cl2N6O8/c1-7-53-30-13-11-14-31(54-8-2)37(30)43-39(51)34(23(5)49)46-45-27-19-17-25(18-20-27)26-21-28(41)36(29(42)22-26)48-47-35(24(6)50)40(52)44-38-32(55-9-3)15-12-16-33(38)56-10-4/h11-22,34-35H,7-10H2,1-6H3,(H,43,51)(H,44,52). The lowest BCUT2D eigenvalue weighted by Gasteiger charge is -2.17. The molecule has 4 aromatic carbocycles. The van der Waals surface area contributed by atoms with E-state index in [0.717, 1.165) is 0 Å². The normalized spacial score (nSPS) is 12.2. The highest BCUT2D eigenvalue weighted by Gasteiger charge is 2.27. The van der Waals surface area contributed by atoms with E-state index in [9.17, 15) is 19.2 Å². The summed E-state index contributed by atoms with van der Waals surface area (Å²) in [7, 11) is 0. The maximum absolute atomic E-state index is 13.3. The Morgan fingerprint density at radius 2 is 0.946 bits per heavy atom. The molecule has 0 spiro atoms. The Bertz CT molecular complexity index is 2040. The molecular formula is C40H42Cl2N6O8. The minimum atomic E-state index is -1.53. The predicted molar refractivity (Wildman–Crippen MR) is 215 cm³/mol. The molecule has 0 saturated heterocycles. The summed E-state index contributed by atoms with van der Waals surface area (Å²) in [5.41, 5.74) is 2.26. The van der Waals surface area contributed by atoms with E-state index < -0.39 is 35.5 Å². The molecule has 294 valence electrons. The highest BCUT2D eigenvalue weighted by molar-refractivity contribution is 6.39. The Morgan fingerprint density at radius 1 is 0.571 bits per heavy atom. The molecule has 0 bridgehead atoms. The minimum Gasteiger partial charge on any atom is -0.492 e. The van der Waals surface area contributed by atoms with Crippen LogP contribution in [0.3, 0.4) is 0 Å². The van der Waals surface area contributed by atoms with Crippen LogP contribution in [-0.4, -0.2) is 61.9 Å². The van der Waals surface area contributed by atoms with Gasteiger partial charge in [-0.05, 0) is 101 Å². The first kappa shape index (κ1) is 42.9. The highest BCUT2D eigenvalue weighted by Crippen LogP contribution is 2.39. The van der Waals surface area contributed by atoms with Gasteiger partial charge in [-0.15, -0.1) is 0 Å². The van der Waals surface area contributed by atoms with Gasteiger partial charge in [-0.3, -0.25) is 19.2 Å². The summed E-state index contributed by atoms with van der Waals surface area (Å²) in [5.74, 6) is -1.05. The molecule has 0 fully saturated rings. The van der Waals surface area contributed by atoms with E-state index >= 15 is 0 Å². The number of rotatable bonds is 19. The van der Waals surface area contributed by atoms with Gasteiger partial charge in [0.1, 0.15) is 40.1 Å². The van der Waals surface area contributed by atoms with Gasteiger partial charge >= 0.3 is 0 Å². The van der Waals surface area contributed by atoms with E-state index in [0.29, 0.717) is 66.2 Å². The third-order valence-corrected chi connectivity index (χ3v) is 8.29. The summed E-state index contributed by atoms with van der Waals surface area (Å²) in [4.78, 5) is 51.5. The molecule has 2 atom stereocenters. The molecule has 2 N–H and O–H groups in total. The number of ether oxygens (including phenoxy) is 4. The smallest absolute Gasteiger partial charge is 0.259 e. The molecule has 4 rings (SSSR count). The van der Waals surface area contributed by atoms with Crippen LogP contribution in [0.4, 0.5) is 22.7 Å². The SMILES string of the molecule is CCOc1cccc(OCC)c1NC(=O)C(N=Nc1ccc(-c2cc(Cl)c(N=NC(C(C)=O)C(=O)Nc3c(OCC)cccc3OCC)c(Cl)c2)cc1)C(C)=O. The summed E-state index contributed by atoms with van der Waals surface area (Å²) >= 11 is 13.2. The van der Waals surface area contributed by atoms with Crippen molar-refractivity contribution in [2.24, 2.45) is 20.5 Å². The van der Waals surface area contributed by atoms with E-state index in [1.165, 1.54) is 13.8 Å². The van der Waals surface area contributed by atoms with Gasteiger partial charge in [0.05, 0.1) is 42.2 Å². The molecule has 0 aliphatic rings. The Hall–Kier alpha value is -5.86. The van der Waals surface area contributed by atoms with Gasteiger partial charge in [0.2, 0.25) is 12.1 Å². The first-order chi connectivity index (χ1) is 26.9. The van der Waals surface area contributed by atoms with Crippen molar-refractivity contribution < 1.29 is 38.1 Å². The topological polar surface area (TPSA) is 179 Å². The maximum Gasteiger partial charge on any atom is 0.259 e. The highest BCUT2D eigenvalue weighted by atomic mass is 35.5. The van der Waals surface area contributed by atoms with Gasteiger partial charge in [-0.25, -0.2) is 0 Å². The third kappa shape index (κ3) is 11.1. The van der Waals surface area contributed by atoms with Crippen molar-refractivity contribution >= 4 is 69.3 Å². The van der Waals surface area contributed by atoms with Gasteiger partial charge in [0.15, 0.2) is 11.6 Å². The zero-order valence-electron chi connectivity index (χ0n) is 31.7. The lowest BCUT2D eigenvalue weighted by atomic mass is 10.0. The van der Waals surface area contributed by atoms with Gasteiger partial charge in [0, 0.05) is 0 Å². The number of Topliss-reactive ketones (excluding diaryl/α,β-unsaturated/α-hetero) is 2. The quantitative estimate of drug-likeness (QED) is 0.0695. The first-order valence-electron chi connectivity index (χ1n) is 17.7. The van der Waals surface area contributed by atoms with Crippen molar-refractivity contribution in [3.8, 4) is 34.1 Å². The van der Waals surface area contributed by atoms with Crippen LogP contribution in [-0.2, 0) is 19.2 Å². The second-order valence-corrected chi connectivity index (χ2v) is 12.6. The number of ketones is 2. The van der Waals surface area contributed by atoms with Crippen molar-refractivity contribution in [3.05, 3.63) is 82.8 Å². The molecule has 4 aromatic rings. The second kappa shape index (κ2) is 20.7. The molecule has 0 aliphatic heterocycles. The van der Waals surface area contributed by atoms with E-state index in [1.807, 2.05) is 13.8 Å². The molecular weight excluding hydrogens is 763 g/mol. The summed E-state index contributed by atoms with van der Waals surface area (Å²) < 4.78 is 22.6. The van der Waals surface area contributed by atoms with Crippen LogP contribution in [0.2, 0.25) is 10.0 Å². The number of benzene rings is 4. The number of halogens is 2. The fourth-order valence-electron chi connectivity index (χ4n) is 5.18. The number of carbonyl (C=O) groups excluding carboxylic acids is 4. The van der Waals surface area contributed by atoms with Crippen molar-refractivity contribution in [1.29, 1.82) is 0 Å². The van der Waals surface area contributed by atoms with Crippen LogP contribution >= 0.6 is 23.2 Å². The molecule has 0 saturated carbocycles. The lowest BCUT2D eigenvalue weighted by Crippen LogP contribution is -2.32. The second-order valence-electron chi connectivity index (χ2n) is 11.8. The monoisotopic (exact) mass is 804 g/mol. The lowest BCUT2D eigenvalue weighted by molar-refractivity contribution is -0.127. The number of carbonyl (C=O) groups is 4. The third-order valence-electron chi connectivity index (χ3n) is 7.72. The van der Waals surface area contributed by atoms with Gasteiger partial charge < -0.3 is 29.6 Å². The molecule has 0 aromatic heterocycles. The molecule has 2 unspecified atom stereocenters. The van der Waals surface area contributed by atoms with E-state index in [2.05, 4.69) is 31.1 Å². The van der Waals surface area contributed by atoms with E-state index in [4.69, 9.17) is 42.1 Å². The number of para-hydroxylation sites is 2. The molecule has 56 heavy (non-hydrogen) atoms. The van der Waals surface area contributed by atoms with E-state index in [1.54, 1.807) is 86.6 Å². The van der Waals surface area contributed by atoms with Crippen molar-refractivity contribution in [2.75, 3.05) is 37.1 Å². The Labute approximate surface area is 334 Å². The van der Waals surface area contributed by atoms with Crippen LogP contribution < -0.4 is 29.6 Å². The summed E-state index contributed by atoms with van der Waals surface area (Å²) in [6.07, 6.45) is 0. The van der Waals surface area contributed by atoms with Crippen LogP contribution in [0.1, 0.15) is 41.5 Å². The number of hydrogen-bond donors (Lipinski definition) is 2. The summed E-state index contributed by atoms with van der Waals surface area (Å²) in [6.45, 7) is 11.0. The molecule has 0 heterocycles. The Kier molecular flexibility index (Phi) is 15.9. The zero-order valence-corrected chi connectivity index (χ0v) is 33.2. The average Bonchev–Trinajstić information content (AvgIpc) is 3.15. The van der Waals surface area contributed by atoms with Gasteiger partial charge in [0.25, 0.3) is 11.8 Å². The van der Waals surface area contributed by atoms with Crippen molar-refractivity contribution in [1.82, 2.24) is 0 Å². The van der Waals surface area contributed by atoms with Gasteiger partial charge in [-0.2, -0.15) is 20.5 Å². The molecule has 2 amide bonds. The summed E-state index contributed by atoms with van der Waals surface area (Å²) in [5, 5.41) is 21.9. The number of nitrogens with one attached hydrogen (secondary N) is 2. The van der Waals surface area contributed by atoms with Crippen LogP contribution in [0.25, 0.3) is 11.1 Å². The molecule has 14 nitrogen and oxygen atoms in total. The summed E-state index contributed by atoms with van der Waals surface area (Å²) in [6, 6.07) is 17.1. The number of amides is 2. The average molecular weight is 806 g/mol. The predicted octanol–water partition coefficient (Wildman–Crippen LogP) is 9.62. The Balaban J connectivity index is 1.50. The number of azo groups is 2. The maximum atomic E-state index is 13.3. The van der Waals surface area contributed by atoms with Crippen LogP contribution in [0.5, 0.6) is 23.0 Å². The largest absolute Gasteiger partial charge is 0.492 e.